The van der Waals surface area contributed by atoms with E-state index in [9.17, 15) is 0 Å². The van der Waals surface area contributed by atoms with Gasteiger partial charge in [0.2, 0.25) is 0 Å². The Morgan fingerprint density at radius 3 is 3.00 bits per heavy atom. The Morgan fingerprint density at radius 2 is 2.43 bits per heavy atom. The zero-order chi connectivity index (χ0) is 9.80. The van der Waals surface area contributed by atoms with Gasteiger partial charge in [-0.2, -0.15) is 0 Å². The number of hydrogen-bond donors (Lipinski definition) is 1. The van der Waals surface area contributed by atoms with Crippen molar-refractivity contribution >= 4 is 0 Å². The Labute approximate surface area is 85.7 Å². The van der Waals surface area contributed by atoms with Gasteiger partial charge in [0, 0.05) is 6.04 Å². The van der Waals surface area contributed by atoms with Gasteiger partial charge in [-0.3, -0.25) is 0 Å². The van der Waals surface area contributed by atoms with Crippen molar-refractivity contribution in [2.45, 2.75) is 45.2 Å². The molecule has 14 heavy (non-hydrogen) atoms. The molecular weight excluding hydrogens is 174 g/mol. The monoisotopic (exact) mass is 193 g/mol. The quantitative estimate of drug-likeness (QED) is 0.751. The Morgan fingerprint density at radius 1 is 1.57 bits per heavy atom. The van der Waals surface area contributed by atoms with Crippen molar-refractivity contribution in [3.05, 3.63) is 24.2 Å². The molecule has 2 heteroatoms. The predicted molar refractivity (Wildman–Crippen MR) is 57.0 cm³/mol. The second-order valence-electron chi connectivity index (χ2n) is 4.24. The third-order valence-electron chi connectivity index (χ3n) is 2.95. The van der Waals surface area contributed by atoms with Gasteiger partial charge in [-0.1, -0.05) is 19.8 Å². The van der Waals surface area contributed by atoms with Gasteiger partial charge in [-0.05, 0) is 30.9 Å². The first-order valence-electron chi connectivity index (χ1n) is 5.64. The van der Waals surface area contributed by atoms with Crippen LogP contribution in [0.1, 0.15) is 38.4 Å². The second kappa shape index (κ2) is 4.65. The molecule has 0 aromatic carbocycles. The summed E-state index contributed by atoms with van der Waals surface area (Å²) in [5.74, 6) is 2.04. The molecule has 1 aliphatic carbocycles. The summed E-state index contributed by atoms with van der Waals surface area (Å²) in [5, 5.41) is 3.55. The van der Waals surface area contributed by atoms with Crippen LogP contribution < -0.4 is 5.32 Å². The van der Waals surface area contributed by atoms with Crippen LogP contribution >= 0.6 is 0 Å². The van der Waals surface area contributed by atoms with Crippen molar-refractivity contribution in [2.75, 3.05) is 0 Å². The summed E-state index contributed by atoms with van der Waals surface area (Å²) in [5.41, 5.74) is 0. The van der Waals surface area contributed by atoms with Crippen LogP contribution in [0.4, 0.5) is 0 Å². The fraction of sp³-hybridized carbons (Fsp3) is 0.667. The molecule has 1 aliphatic rings. The zero-order valence-corrected chi connectivity index (χ0v) is 8.83. The molecule has 1 fully saturated rings. The van der Waals surface area contributed by atoms with E-state index in [1.165, 1.54) is 25.7 Å². The normalized spacial score (nSPS) is 18.4. The lowest BCUT2D eigenvalue weighted by Gasteiger charge is -2.15. The summed E-state index contributed by atoms with van der Waals surface area (Å²) >= 11 is 0. The van der Waals surface area contributed by atoms with Gasteiger partial charge in [-0.15, -0.1) is 0 Å². The Balaban J connectivity index is 1.71. The van der Waals surface area contributed by atoms with E-state index >= 15 is 0 Å². The first-order chi connectivity index (χ1) is 6.88. The van der Waals surface area contributed by atoms with Crippen LogP contribution in [0.3, 0.4) is 0 Å². The Hall–Kier alpha value is -0.760. The van der Waals surface area contributed by atoms with Crippen LogP contribution in [0.15, 0.2) is 22.8 Å². The smallest absolute Gasteiger partial charge is 0.117 e. The van der Waals surface area contributed by atoms with E-state index in [4.69, 9.17) is 4.42 Å². The SMILES string of the molecule is CCC(CC1CC1)NCc1ccco1. The maximum Gasteiger partial charge on any atom is 0.117 e. The average molecular weight is 193 g/mol. The van der Waals surface area contributed by atoms with Crippen molar-refractivity contribution < 1.29 is 4.42 Å². The Bertz CT molecular complexity index is 251. The van der Waals surface area contributed by atoms with Crippen LogP contribution in [0, 0.1) is 5.92 Å². The predicted octanol–water partition coefficient (Wildman–Crippen LogP) is 2.95. The fourth-order valence-electron chi connectivity index (χ4n) is 1.81. The van der Waals surface area contributed by atoms with E-state index in [0.717, 1.165) is 18.2 Å². The highest BCUT2D eigenvalue weighted by Gasteiger charge is 2.24. The largest absolute Gasteiger partial charge is 0.468 e. The highest BCUT2D eigenvalue weighted by atomic mass is 16.3. The molecule has 1 atom stereocenters. The Kier molecular flexibility index (Phi) is 3.25. The molecule has 0 aliphatic heterocycles. The molecule has 1 saturated carbocycles. The van der Waals surface area contributed by atoms with Gasteiger partial charge in [0.15, 0.2) is 0 Å². The van der Waals surface area contributed by atoms with E-state index in [1.807, 2.05) is 12.1 Å². The van der Waals surface area contributed by atoms with Gasteiger partial charge in [0.25, 0.3) is 0 Å². The second-order valence-corrected chi connectivity index (χ2v) is 4.24. The van der Waals surface area contributed by atoms with Crippen molar-refractivity contribution in [2.24, 2.45) is 5.92 Å². The van der Waals surface area contributed by atoms with E-state index in [2.05, 4.69) is 12.2 Å². The van der Waals surface area contributed by atoms with Crippen LogP contribution in [0.2, 0.25) is 0 Å². The molecule has 0 radical (unpaired) electrons. The fourth-order valence-corrected chi connectivity index (χ4v) is 1.81. The molecular formula is C12H19NO. The molecule has 1 aromatic rings. The van der Waals surface area contributed by atoms with Gasteiger partial charge >= 0.3 is 0 Å². The maximum atomic E-state index is 5.29. The third-order valence-corrected chi connectivity index (χ3v) is 2.95. The van der Waals surface area contributed by atoms with Crippen molar-refractivity contribution in [3.63, 3.8) is 0 Å². The van der Waals surface area contributed by atoms with Gasteiger partial charge < -0.3 is 9.73 Å². The van der Waals surface area contributed by atoms with E-state index < -0.39 is 0 Å². The third kappa shape index (κ3) is 2.88. The molecule has 0 saturated heterocycles. The van der Waals surface area contributed by atoms with Crippen LogP contribution in [-0.4, -0.2) is 6.04 Å². The highest BCUT2D eigenvalue weighted by molar-refractivity contribution is 4.97. The number of furan rings is 1. The summed E-state index contributed by atoms with van der Waals surface area (Å²) in [7, 11) is 0. The summed E-state index contributed by atoms with van der Waals surface area (Å²) < 4.78 is 5.29. The first kappa shape index (κ1) is 9.78. The summed E-state index contributed by atoms with van der Waals surface area (Å²) in [6.07, 6.45) is 7.19. The molecule has 1 N–H and O–H groups in total. The van der Waals surface area contributed by atoms with E-state index in [0.29, 0.717) is 6.04 Å². The number of rotatable bonds is 6. The lowest BCUT2D eigenvalue weighted by molar-refractivity contribution is 0.408. The van der Waals surface area contributed by atoms with Crippen molar-refractivity contribution in [1.29, 1.82) is 0 Å². The molecule has 2 rings (SSSR count). The first-order valence-corrected chi connectivity index (χ1v) is 5.64. The van der Waals surface area contributed by atoms with Crippen molar-refractivity contribution in [1.82, 2.24) is 5.32 Å². The van der Waals surface area contributed by atoms with E-state index in [1.54, 1.807) is 6.26 Å². The summed E-state index contributed by atoms with van der Waals surface area (Å²) in [4.78, 5) is 0. The van der Waals surface area contributed by atoms with Gasteiger partial charge in [0.05, 0.1) is 12.8 Å². The molecule has 0 amide bonds. The summed E-state index contributed by atoms with van der Waals surface area (Å²) in [6, 6.07) is 4.64. The number of nitrogens with one attached hydrogen (secondary N) is 1. The van der Waals surface area contributed by atoms with Crippen LogP contribution in [0.25, 0.3) is 0 Å². The average Bonchev–Trinajstić information content (AvgIpc) is 2.86. The van der Waals surface area contributed by atoms with Crippen LogP contribution in [0.5, 0.6) is 0 Å². The minimum absolute atomic E-state index is 0.674. The highest BCUT2D eigenvalue weighted by Crippen LogP contribution is 2.34. The minimum atomic E-state index is 0.674. The van der Waals surface area contributed by atoms with Gasteiger partial charge in [-0.25, -0.2) is 0 Å². The zero-order valence-electron chi connectivity index (χ0n) is 8.83. The molecule has 0 bridgehead atoms. The van der Waals surface area contributed by atoms with E-state index in [-0.39, 0.29) is 0 Å². The molecule has 1 heterocycles. The number of hydrogen-bond acceptors (Lipinski definition) is 2. The van der Waals surface area contributed by atoms with Crippen molar-refractivity contribution in [3.8, 4) is 0 Å². The molecule has 1 aromatic heterocycles. The summed E-state index contributed by atoms with van der Waals surface area (Å²) in [6.45, 7) is 3.13. The molecule has 2 nitrogen and oxygen atoms in total. The lowest BCUT2D eigenvalue weighted by atomic mass is 10.1. The van der Waals surface area contributed by atoms with Gasteiger partial charge in [0.1, 0.15) is 5.76 Å². The lowest BCUT2D eigenvalue weighted by Crippen LogP contribution is -2.28. The maximum absolute atomic E-state index is 5.29. The molecule has 0 spiro atoms. The topological polar surface area (TPSA) is 25.2 Å². The molecule has 78 valence electrons. The standard InChI is InChI=1S/C12H19NO/c1-2-11(8-10-5-6-10)13-9-12-4-3-7-14-12/h3-4,7,10-11,13H,2,5-6,8-9H2,1H3. The van der Waals surface area contributed by atoms with Crippen LogP contribution in [-0.2, 0) is 6.54 Å². The minimum Gasteiger partial charge on any atom is -0.468 e. The molecule has 1 unspecified atom stereocenters.